The molecule has 9 N–H and O–H groups in total. The van der Waals surface area contributed by atoms with Crippen LogP contribution in [0.3, 0.4) is 0 Å². The first-order chi connectivity index (χ1) is 27.1. The van der Waals surface area contributed by atoms with Gasteiger partial charge in [-0.2, -0.15) is 13.2 Å². The summed E-state index contributed by atoms with van der Waals surface area (Å²) >= 11 is 0. The lowest BCUT2D eigenvalue weighted by Crippen LogP contribution is -2.58. The molecule has 17 nitrogen and oxygen atoms in total. The van der Waals surface area contributed by atoms with Gasteiger partial charge in [-0.25, -0.2) is 14.4 Å². The van der Waals surface area contributed by atoms with Gasteiger partial charge in [0.05, 0.1) is 0 Å². The Bertz CT molecular complexity index is 2000. The number of carbonyl (C=O) groups excluding carboxylic acids is 5. The number of carboxylic acid groups (broad SMARTS) is 1. The number of benzene rings is 2. The average molecular weight is 820 g/mol. The molecule has 0 fully saturated rings. The predicted molar refractivity (Wildman–Crippen MR) is 205 cm³/mol. The molecule has 0 aliphatic heterocycles. The molecule has 3 rings (SSSR count). The molecule has 20 heteroatoms. The van der Waals surface area contributed by atoms with E-state index in [9.17, 15) is 41.9 Å². The first-order valence-corrected chi connectivity index (χ1v) is 17.9. The fourth-order valence-corrected chi connectivity index (χ4v) is 5.17. The first kappa shape index (κ1) is 47.7. The van der Waals surface area contributed by atoms with E-state index >= 15 is 0 Å². The summed E-state index contributed by atoms with van der Waals surface area (Å²) in [6.45, 7) is 9.06. The number of aliphatic carboxylic acids is 1. The number of alkyl carbamates (subject to hydrolysis) is 1. The van der Waals surface area contributed by atoms with Crippen LogP contribution in [0.25, 0.3) is 11.0 Å². The van der Waals surface area contributed by atoms with Gasteiger partial charge in [0.25, 0.3) is 5.91 Å². The molecule has 0 aliphatic carbocycles. The highest BCUT2D eigenvalue weighted by molar-refractivity contribution is 6.08. The highest BCUT2D eigenvalue weighted by atomic mass is 19.4. The van der Waals surface area contributed by atoms with Crippen molar-refractivity contribution in [3.63, 3.8) is 0 Å². The second-order valence-corrected chi connectivity index (χ2v) is 13.7. The number of ether oxygens (including phenoxy) is 1. The molecule has 0 saturated carbocycles. The van der Waals surface area contributed by atoms with Gasteiger partial charge in [-0.3, -0.25) is 29.5 Å². The predicted octanol–water partition coefficient (Wildman–Crippen LogP) is 3.01. The Morgan fingerprint density at radius 2 is 1.50 bits per heavy atom. The smallest absolute Gasteiger partial charge is 0.475 e. The van der Waals surface area contributed by atoms with E-state index in [1.807, 2.05) is 32.0 Å². The molecule has 3 atom stereocenters. The molecular weight excluding hydrogens is 771 g/mol. The Kier molecular flexibility index (Phi) is 18.3. The van der Waals surface area contributed by atoms with E-state index in [0.29, 0.717) is 10.9 Å². The second kappa shape index (κ2) is 22.3. The van der Waals surface area contributed by atoms with Crippen molar-refractivity contribution < 1.29 is 56.2 Å². The Morgan fingerprint density at radius 1 is 0.879 bits per heavy atom. The van der Waals surface area contributed by atoms with Gasteiger partial charge < -0.3 is 41.7 Å². The number of alkyl halides is 3. The van der Waals surface area contributed by atoms with Crippen molar-refractivity contribution in [3.05, 3.63) is 81.7 Å². The summed E-state index contributed by atoms with van der Waals surface area (Å²) in [4.78, 5) is 91.0. The summed E-state index contributed by atoms with van der Waals surface area (Å²) in [6.07, 6.45) is -5.39. The summed E-state index contributed by atoms with van der Waals surface area (Å²) < 4.78 is 42.2. The third-order valence-corrected chi connectivity index (χ3v) is 8.05. The van der Waals surface area contributed by atoms with E-state index in [1.54, 1.807) is 39.0 Å². The molecule has 1 aromatic heterocycles. The third kappa shape index (κ3) is 16.3. The van der Waals surface area contributed by atoms with Crippen LogP contribution in [0.15, 0.2) is 68.8 Å². The Hall–Kier alpha value is -6.47. The molecule has 58 heavy (non-hydrogen) atoms. The molecule has 0 bridgehead atoms. The number of fused-ring (bicyclic) bond motifs is 1. The van der Waals surface area contributed by atoms with Crippen molar-refractivity contribution in [2.24, 2.45) is 28.3 Å². The number of carbonyl (C=O) groups is 6. The van der Waals surface area contributed by atoms with Crippen molar-refractivity contribution in [1.82, 2.24) is 21.3 Å². The van der Waals surface area contributed by atoms with Gasteiger partial charge in [0, 0.05) is 23.6 Å². The molecule has 0 aliphatic rings. The number of rotatable bonds is 16. The molecule has 3 aromatic rings. The quantitative estimate of drug-likeness (QED) is 0.0476. The number of nitrogens with zero attached hydrogens (tertiary/aromatic N) is 1. The number of hydrogen-bond acceptors (Lipinski definition) is 10. The Morgan fingerprint density at radius 3 is 2.07 bits per heavy atom. The van der Waals surface area contributed by atoms with Crippen LogP contribution >= 0.6 is 0 Å². The number of aliphatic imine (C=N–C) groups is 1. The number of guanidine groups is 1. The monoisotopic (exact) mass is 819 g/mol. The summed E-state index contributed by atoms with van der Waals surface area (Å²) in [6, 6.07) is 11.4. The van der Waals surface area contributed by atoms with E-state index in [0.717, 1.165) is 5.56 Å². The number of hydrogen-bond donors (Lipinski definition) is 7. The summed E-state index contributed by atoms with van der Waals surface area (Å²) in [7, 11) is 0. The van der Waals surface area contributed by atoms with Gasteiger partial charge in [-0.05, 0) is 61.3 Å². The highest BCUT2D eigenvalue weighted by Crippen LogP contribution is 2.18. The van der Waals surface area contributed by atoms with Gasteiger partial charge in [0.2, 0.25) is 17.7 Å². The molecule has 316 valence electrons. The van der Waals surface area contributed by atoms with Crippen molar-refractivity contribution in [2.45, 2.75) is 84.8 Å². The largest absolute Gasteiger partial charge is 0.490 e. The van der Waals surface area contributed by atoms with Crippen LogP contribution in [-0.4, -0.2) is 77.6 Å². The zero-order chi connectivity index (χ0) is 43.7. The number of imide groups is 1. The average Bonchev–Trinajstić information content (AvgIpc) is 3.13. The maximum absolute atomic E-state index is 13.7. The zero-order valence-corrected chi connectivity index (χ0v) is 32.5. The van der Waals surface area contributed by atoms with E-state index in [-0.39, 0.29) is 61.4 Å². The van der Waals surface area contributed by atoms with Crippen LogP contribution in [0.5, 0.6) is 0 Å². The van der Waals surface area contributed by atoms with Crippen LogP contribution in [0.1, 0.15) is 68.4 Å². The normalized spacial score (nSPS) is 12.6. The molecule has 1 heterocycles. The summed E-state index contributed by atoms with van der Waals surface area (Å²) in [5.74, 6) is -6.24. The molecule has 0 spiro atoms. The lowest BCUT2D eigenvalue weighted by molar-refractivity contribution is -0.192. The van der Waals surface area contributed by atoms with Crippen molar-refractivity contribution in [2.75, 3.05) is 6.54 Å². The van der Waals surface area contributed by atoms with Crippen molar-refractivity contribution >= 4 is 52.6 Å². The lowest BCUT2D eigenvalue weighted by atomic mass is 9.99. The van der Waals surface area contributed by atoms with Crippen LogP contribution in [0.4, 0.5) is 18.0 Å². The first-order valence-electron chi connectivity index (χ1n) is 17.9. The van der Waals surface area contributed by atoms with Crippen molar-refractivity contribution in [1.29, 1.82) is 0 Å². The van der Waals surface area contributed by atoms with Crippen LogP contribution in [0.2, 0.25) is 0 Å². The van der Waals surface area contributed by atoms with Gasteiger partial charge in [-0.15, -0.1) is 0 Å². The third-order valence-electron chi connectivity index (χ3n) is 8.05. The maximum Gasteiger partial charge on any atom is 0.490 e. The fraction of sp³-hybridized carbons (Fsp3) is 0.421. The van der Waals surface area contributed by atoms with Gasteiger partial charge in [0.15, 0.2) is 5.96 Å². The summed E-state index contributed by atoms with van der Waals surface area (Å²) in [5.41, 5.74) is 11.9. The van der Waals surface area contributed by atoms with Gasteiger partial charge >= 0.3 is 23.9 Å². The van der Waals surface area contributed by atoms with Gasteiger partial charge in [0.1, 0.15) is 30.3 Å². The molecular formula is C38H48F3N7O10. The molecule has 0 saturated heterocycles. The minimum absolute atomic E-state index is 0.00354. The minimum atomic E-state index is -5.08. The number of nitrogens with one attached hydrogen (secondary N) is 4. The van der Waals surface area contributed by atoms with E-state index in [4.69, 9.17) is 30.5 Å². The SMILES string of the molecule is Cc1cc(=O)oc2cc(C(=O)NC(=O)[C@H](CCCN=C(N)N)NC(=O)[C@H](CC(C)C)NC(=O)[C@H](NC(=O)OCc3ccccc3)C(C)C)ccc12.O=C(O)C(F)(F)F. The van der Waals surface area contributed by atoms with E-state index in [1.165, 1.54) is 18.2 Å². The van der Waals surface area contributed by atoms with Crippen LogP contribution in [0, 0.1) is 18.8 Å². The van der Waals surface area contributed by atoms with E-state index < -0.39 is 65.6 Å². The zero-order valence-electron chi connectivity index (χ0n) is 32.5. The number of halogens is 3. The maximum atomic E-state index is 13.7. The molecule has 5 amide bonds. The second-order valence-electron chi connectivity index (χ2n) is 13.7. The number of aryl methyl sites for hydroxylation is 1. The summed E-state index contributed by atoms with van der Waals surface area (Å²) in [5, 5.41) is 18.0. The number of amides is 5. The van der Waals surface area contributed by atoms with E-state index in [2.05, 4.69) is 26.3 Å². The standard InChI is InChI=1S/C36H47N7O8.C2HF3O2/c1-20(2)16-27(41-34(48)30(21(3)4)42-36(49)50-19-23-10-7-6-8-11-23)33(47)40-26(12-9-15-39-35(37)38)32(46)43-31(45)24-13-14-25-22(5)17-29(44)51-28(25)18-24;3-2(4,5)1(6)7/h6-8,10-11,13-14,17-18,20-21,26-27,30H,9,12,15-16,19H2,1-5H3,(H,40,47)(H,41,48)(H,42,49)(H4,37,38,39)(H,43,45,46);(H,6,7)/t26-,27-,30+;/m0./s1. The van der Waals surface area contributed by atoms with Crippen molar-refractivity contribution in [3.8, 4) is 0 Å². The fourth-order valence-electron chi connectivity index (χ4n) is 5.17. The van der Waals surface area contributed by atoms with Gasteiger partial charge in [-0.1, -0.05) is 64.1 Å². The lowest BCUT2D eigenvalue weighted by Gasteiger charge is -2.27. The number of carboxylic acids is 1. The topological polar surface area (TPSA) is 275 Å². The van der Waals surface area contributed by atoms with Crippen LogP contribution in [-0.2, 0) is 30.5 Å². The highest BCUT2D eigenvalue weighted by Gasteiger charge is 2.38. The molecule has 2 aromatic carbocycles. The Balaban J connectivity index is 0.00000151. The molecule has 0 radical (unpaired) electrons. The number of nitrogens with two attached hydrogens (primary N) is 2. The minimum Gasteiger partial charge on any atom is -0.475 e. The Labute approximate surface area is 331 Å². The molecule has 0 unspecified atom stereocenters. The van der Waals surface area contributed by atoms with Crippen LogP contribution < -0.4 is 38.4 Å².